The molecule has 1 aliphatic heterocycles. The standard InChI is InChI=1S/C15H33O6P3/c1-4-7-10-13-22(16)19-23(17,14-11-8-5-2)21-24(18,20-22)15-12-9-6-3/h4-15H2,1-3H3. The van der Waals surface area contributed by atoms with Crippen LogP contribution >= 0.6 is 22.8 Å². The third-order valence-corrected chi connectivity index (χ3v) is 12.4. The van der Waals surface area contributed by atoms with Gasteiger partial charge in [-0.05, 0) is 19.3 Å². The van der Waals surface area contributed by atoms with E-state index in [4.69, 9.17) is 12.9 Å². The Kier molecular flexibility index (Phi) is 10.0. The minimum atomic E-state index is -3.63. The van der Waals surface area contributed by atoms with Gasteiger partial charge in [0.15, 0.2) is 0 Å². The van der Waals surface area contributed by atoms with Gasteiger partial charge in [-0.25, -0.2) is 12.9 Å². The van der Waals surface area contributed by atoms with Crippen molar-refractivity contribution in [3.63, 3.8) is 0 Å². The SMILES string of the molecule is CCCCCP1(=O)OP(=O)(CCCCC)OP(=O)(CCCCC)O1. The van der Waals surface area contributed by atoms with Gasteiger partial charge in [0.1, 0.15) is 0 Å². The van der Waals surface area contributed by atoms with Crippen molar-refractivity contribution in [1.29, 1.82) is 0 Å². The summed E-state index contributed by atoms with van der Waals surface area (Å²) in [5, 5.41) is 0. The van der Waals surface area contributed by atoms with Gasteiger partial charge in [0.2, 0.25) is 0 Å². The highest BCUT2D eigenvalue weighted by molar-refractivity contribution is 7.80. The van der Waals surface area contributed by atoms with Crippen LogP contribution in [0.4, 0.5) is 0 Å². The van der Waals surface area contributed by atoms with E-state index in [1.54, 1.807) is 0 Å². The fourth-order valence-electron chi connectivity index (χ4n) is 2.52. The first-order valence-electron chi connectivity index (χ1n) is 9.21. The van der Waals surface area contributed by atoms with Crippen LogP contribution in [0.15, 0.2) is 0 Å². The molecule has 1 rings (SSSR count). The molecule has 0 atom stereocenters. The molecule has 0 radical (unpaired) electrons. The molecule has 9 heteroatoms. The Morgan fingerprint density at radius 3 is 0.958 bits per heavy atom. The van der Waals surface area contributed by atoms with Crippen molar-refractivity contribution in [2.24, 2.45) is 0 Å². The molecule has 1 heterocycles. The Morgan fingerprint density at radius 1 is 0.500 bits per heavy atom. The molecular formula is C15H33O6P3. The molecule has 0 spiro atoms. The first kappa shape index (κ1) is 22.6. The lowest BCUT2D eigenvalue weighted by molar-refractivity contribution is 0.275. The van der Waals surface area contributed by atoms with Gasteiger partial charge in [0, 0.05) is 0 Å². The molecule has 1 fully saturated rings. The van der Waals surface area contributed by atoms with Crippen LogP contribution in [0.1, 0.15) is 78.6 Å². The first-order valence-corrected chi connectivity index (χ1v) is 14.4. The van der Waals surface area contributed by atoms with Gasteiger partial charge < -0.3 is 0 Å². The summed E-state index contributed by atoms with van der Waals surface area (Å²) >= 11 is 0. The molecule has 0 aromatic rings. The van der Waals surface area contributed by atoms with Gasteiger partial charge in [-0.3, -0.25) is 13.7 Å². The predicted molar refractivity (Wildman–Crippen MR) is 99.3 cm³/mol. The topological polar surface area (TPSA) is 78.9 Å². The molecule has 1 saturated heterocycles. The molecule has 0 unspecified atom stereocenters. The second kappa shape index (κ2) is 10.7. The maximum atomic E-state index is 12.9. The maximum absolute atomic E-state index is 12.9. The van der Waals surface area contributed by atoms with Crippen molar-refractivity contribution < 1.29 is 26.6 Å². The fourth-order valence-corrected chi connectivity index (χ4v) is 12.0. The van der Waals surface area contributed by atoms with E-state index in [-0.39, 0.29) is 18.5 Å². The Bertz CT molecular complexity index is 418. The summed E-state index contributed by atoms with van der Waals surface area (Å²) in [6, 6.07) is 0. The van der Waals surface area contributed by atoms with Crippen molar-refractivity contribution in [3.05, 3.63) is 0 Å². The van der Waals surface area contributed by atoms with Gasteiger partial charge in [0.05, 0.1) is 18.5 Å². The Labute approximate surface area is 147 Å². The van der Waals surface area contributed by atoms with E-state index < -0.39 is 22.8 Å². The Balaban J connectivity index is 2.87. The van der Waals surface area contributed by atoms with E-state index >= 15 is 0 Å². The zero-order valence-corrected chi connectivity index (χ0v) is 18.0. The quantitative estimate of drug-likeness (QED) is 0.254. The molecule has 6 nitrogen and oxygen atoms in total. The molecule has 0 aromatic carbocycles. The number of unbranched alkanes of at least 4 members (excludes halogenated alkanes) is 6. The van der Waals surface area contributed by atoms with Crippen LogP contribution in [-0.2, 0) is 26.6 Å². The lowest BCUT2D eigenvalue weighted by Gasteiger charge is -2.34. The van der Waals surface area contributed by atoms with Crippen molar-refractivity contribution in [1.82, 2.24) is 0 Å². The number of rotatable bonds is 12. The van der Waals surface area contributed by atoms with Crippen LogP contribution in [0.25, 0.3) is 0 Å². The molecule has 0 aliphatic carbocycles. The van der Waals surface area contributed by atoms with Crippen molar-refractivity contribution in [3.8, 4) is 0 Å². The van der Waals surface area contributed by atoms with Crippen LogP contribution in [0, 0.1) is 0 Å². The fraction of sp³-hybridized carbons (Fsp3) is 1.00. The number of hydrogen-bond acceptors (Lipinski definition) is 6. The average molecular weight is 402 g/mol. The third kappa shape index (κ3) is 7.85. The van der Waals surface area contributed by atoms with Crippen molar-refractivity contribution in [2.45, 2.75) is 78.6 Å². The van der Waals surface area contributed by atoms with Crippen LogP contribution in [-0.4, -0.2) is 18.5 Å². The van der Waals surface area contributed by atoms with E-state index in [1.807, 2.05) is 20.8 Å². The maximum Gasteiger partial charge on any atom is 0.345 e. The summed E-state index contributed by atoms with van der Waals surface area (Å²) in [6.07, 6.45) is 7.86. The molecule has 144 valence electrons. The zero-order chi connectivity index (χ0) is 18.1. The normalized spacial score (nSPS) is 33.6. The highest BCUT2D eigenvalue weighted by atomic mass is 31.3. The average Bonchev–Trinajstić information content (AvgIpc) is 2.46. The summed E-state index contributed by atoms with van der Waals surface area (Å²) < 4.78 is 54.9. The second-order valence-corrected chi connectivity index (χ2v) is 13.3. The molecular weight excluding hydrogens is 369 g/mol. The van der Waals surface area contributed by atoms with Crippen LogP contribution < -0.4 is 0 Å². The van der Waals surface area contributed by atoms with Gasteiger partial charge in [-0.15, -0.1) is 0 Å². The van der Waals surface area contributed by atoms with E-state index in [1.165, 1.54) is 0 Å². The lowest BCUT2D eigenvalue weighted by Crippen LogP contribution is -2.11. The van der Waals surface area contributed by atoms with Gasteiger partial charge >= 0.3 is 22.8 Å². The summed E-state index contributed by atoms with van der Waals surface area (Å²) in [4.78, 5) is 0. The first-order chi connectivity index (χ1) is 11.3. The molecule has 0 bridgehead atoms. The summed E-state index contributed by atoms with van der Waals surface area (Å²) in [6.45, 7) is 6.10. The predicted octanol–water partition coefficient (Wildman–Crippen LogP) is 7.20. The van der Waals surface area contributed by atoms with Crippen LogP contribution in [0.3, 0.4) is 0 Å². The van der Waals surface area contributed by atoms with E-state index in [0.717, 1.165) is 38.5 Å². The molecule has 0 amide bonds. The number of hydrogen-bond donors (Lipinski definition) is 0. The summed E-state index contributed by atoms with van der Waals surface area (Å²) in [5.74, 6) is 0. The molecule has 0 N–H and O–H groups in total. The van der Waals surface area contributed by atoms with Gasteiger partial charge in [-0.1, -0.05) is 59.3 Å². The lowest BCUT2D eigenvalue weighted by atomic mass is 10.3. The van der Waals surface area contributed by atoms with Crippen molar-refractivity contribution in [2.75, 3.05) is 18.5 Å². The Morgan fingerprint density at radius 2 is 0.750 bits per heavy atom. The zero-order valence-electron chi connectivity index (χ0n) is 15.3. The molecule has 24 heavy (non-hydrogen) atoms. The minimum Gasteiger partial charge on any atom is -0.259 e. The van der Waals surface area contributed by atoms with Crippen LogP contribution in [0.5, 0.6) is 0 Å². The minimum absolute atomic E-state index is 0.153. The highest BCUT2D eigenvalue weighted by Gasteiger charge is 2.51. The second-order valence-electron chi connectivity index (χ2n) is 6.37. The van der Waals surface area contributed by atoms with Crippen molar-refractivity contribution >= 4 is 22.8 Å². The molecule has 0 aromatic heterocycles. The monoisotopic (exact) mass is 402 g/mol. The van der Waals surface area contributed by atoms with Gasteiger partial charge in [0.25, 0.3) is 0 Å². The molecule has 0 saturated carbocycles. The van der Waals surface area contributed by atoms with Gasteiger partial charge in [-0.2, -0.15) is 0 Å². The molecule has 1 aliphatic rings. The summed E-state index contributed by atoms with van der Waals surface area (Å²) in [5.41, 5.74) is 0. The largest absolute Gasteiger partial charge is 0.345 e. The smallest absolute Gasteiger partial charge is 0.259 e. The highest BCUT2D eigenvalue weighted by Crippen LogP contribution is 2.82. The summed E-state index contributed by atoms with van der Waals surface area (Å²) in [7, 11) is -10.9. The van der Waals surface area contributed by atoms with E-state index in [2.05, 4.69) is 0 Å². The van der Waals surface area contributed by atoms with E-state index in [0.29, 0.717) is 19.3 Å². The Hall–Kier alpha value is 0.570. The third-order valence-electron chi connectivity index (χ3n) is 3.85. The van der Waals surface area contributed by atoms with E-state index in [9.17, 15) is 13.7 Å². The van der Waals surface area contributed by atoms with Crippen LogP contribution in [0.2, 0.25) is 0 Å².